The Hall–Kier alpha value is -3.93. The fourth-order valence-corrected chi connectivity index (χ4v) is 7.53. The number of hydrogen-bond acceptors (Lipinski definition) is 6. The maximum absolute atomic E-state index is 13.9. The predicted octanol–water partition coefficient (Wildman–Crippen LogP) is 5.44. The summed E-state index contributed by atoms with van der Waals surface area (Å²) in [6.07, 6.45) is 2.42. The quantitative estimate of drug-likeness (QED) is 0.281. The lowest BCUT2D eigenvalue weighted by Crippen LogP contribution is -2.48. The van der Waals surface area contributed by atoms with Crippen molar-refractivity contribution in [1.82, 2.24) is 10.6 Å². The first kappa shape index (κ1) is 29.8. The Labute approximate surface area is 257 Å². The van der Waals surface area contributed by atoms with Crippen LogP contribution in [0.2, 0.25) is 0 Å². The summed E-state index contributed by atoms with van der Waals surface area (Å²) < 4.78 is 59.6. The number of oxime groups is 1. The Morgan fingerprint density at radius 2 is 1.91 bits per heavy atom. The zero-order chi connectivity index (χ0) is 31.5. The average molecular weight is 627 g/mol. The summed E-state index contributed by atoms with van der Waals surface area (Å²) in [6.45, 7) is 1.54. The molecule has 4 fully saturated rings. The van der Waals surface area contributed by atoms with Crippen LogP contribution in [0.25, 0.3) is 0 Å². The molecule has 0 aromatic heterocycles. The molecule has 2 aromatic rings. The summed E-state index contributed by atoms with van der Waals surface area (Å²) in [5.74, 6) is -2.50. The van der Waals surface area contributed by atoms with E-state index in [0.717, 1.165) is 61.6 Å². The Balaban J connectivity index is 1.16. The Kier molecular flexibility index (Phi) is 7.37. The normalized spacial score (nSPS) is 29.6. The molecule has 3 saturated carbocycles. The highest BCUT2D eigenvalue weighted by molar-refractivity contribution is 6.05. The van der Waals surface area contributed by atoms with E-state index >= 15 is 0 Å². The maximum atomic E-state index is 13.9. The summed E-state index contributed by atoms with van der Waals surface area (Å²) in [5, 5.41) is 13.3. The number of nitrogens with zero attached hydrogens (tertiary/aromatic N) is 1. The van der Waals surface area contributed by atoms with Gasteiger partial charge in [-0.3, -0.25) is 9.59 Å². The first-order chi connectivity index (χ1) is 21.5. The molecule has 8 nitrogen and oxygen atoms in total. The lowest BCUT2D eigenvalue weighted by molar-refractivity contribution is -0.140. The number of benzene rings is 2. The average Bonchev–Trinajstić information content (AvgIpc) is 3.31. The van der Waals surface area contributed by atoms with Crippen molar-refractivity contribution in [3.05, 3.63) is 70.6 Å². The number of alkyl halides is 3. The fraction of sp³-hybridized carbons (Fsp3) is 0.485. The number of rotatable bonds is 7. The highest BCUT2D eigenvalue weighted by Crippen LogP contribution is 2.54. The number of anilines is 1. The number of carbonyl (C=O) groups is 2. The summed E-state index contributed by atoms with van der Waals surface area (Å²) in [7, 11) is 1.48. The third-order valence-electron chi connectivity index (χ3n) is 9.91. The highest BCUT2D eigenvalue weighted by atomic mass is 19.4. The molecule has 1 saturated heterocycles. The summed E-state index contributed by atoms with van der Waals surface area (Å²) in [5.41, 5.74) is 0.901. The molecular weight excluding hydrogens is 592 g/mol. The van der Waals surface area contributed by atoms with Crippen LogP contribution < -0.4 is 20.7 Å². The minimum Gasteiger partial charge on any atom is -0.496 e. The van der Waals surface area contributed by atoms with Gasteiger partial charge in [0.25, 0.3) is 5.91 Å². The second kappa shape index (κ2) is 11.1. The highest BCUT2D eigenvalue weighted by Gasteiger charge is 2.55. The third-order valence-corrected chi connectivity index (χ3v) is 9.91. The van der Waals surface area contributed by atoms with Gasteiger partial charge in [0.2, 0.25) is 5.91 Å². The number of allylic oxidation sites excluding steroid dienone is 1. The van der Waals surface area contributed by atoms with Gasteiger partial charge in [-0.25, -0.2) is 4.39 Å². The molecule has 3 aliphatic carbocycles. The summed E-state index contributed by atoms with van der Waals surface area (Å²) in [6, 6.07) is 7.09. The second-order valence-electron chi connectivity index (χ2n) is 12.8. The molecule has 7 rings (SSSR count). The number of carbonyl (C=O) groups excluding carboxylic acids is 2. The molecular formula is C33H34F4N4O4. The topological polar surface area (TPSA) is 101 Å². The maximum Gasteiger partial charge on any atom is 0.419 e. The Morgan fingerprint density at radius 3 is 2.62 bits per heavy atom. The number of halogens is 4. The molecule has 45 heavy (non-hydrogen) atoms. The fourth-order valence-electron chi connectivity index (χ4n) is 7.53. The van der Waals surface area contributed by atoms with Crippen LogP contribution >= 0.6 is 0 Å². The van der Waals surface area contributed by atoms with E-state index in [1.54, 1.807) is 12.1 Å². The predicted molar refractivity (Wildman–Crippen MR) is 157 cm³/mol. The van der Waals surface area contributed by atoms with Crippen molar-refractivity contribution in [3.8, 4) is 5.75 Å². The molecule has 2 aliphatic heterocycles. The van der Waals surface area contributed by atoms with Gasteiger partial charge in [0.1, 0.15) is 11.6 Å². The molecule has 1 spiro atoms. The van der Waals surface area contributed by atoms with Gasteiger partial charge in [-0.2, -0.15) is 13.2 Å². The van der Waals surface area contributed by atoms with E-state index in [9.17, 15) is 27.2 Å². The molecule has 2 amide bonds. The zero-order valence-corrected chi connectivity index (χ0v) is 24.7. The van der Waals surface area contributed by atoms with Crippen molar-refractivity contribution in [1.29, 1.82) is 0 Å². The minimum atomic E-state index is -4.91. The molecule has 12 heteroatoms. The molecule has 2 heterocycles. The van der Waals surface area contributed by atoms with Crippen molar-refractivity contribution < 1.29 is 36.7 Å². The van der Waals surface area contributed by atoms with Crippen LogP contribution in [-0.4, -0.2) is 49.4 Å². The van der Waals surface area contributed by atoms with Crippen LogP contribution in [0.5, 0.6) is 5.75 Å². The zero-order valence-electron chi connectivity index (χ0n) is 24.7. The van der Waals surface area contributed by atoms with Gasteiger partial charge >= 0.3 is 6.18 Å². The van der Waals surface area contributed by atoms with Crippen molar-refractivity contribution in [3.63, 3.8) is 0 Å². The number of hydrogen-bond donors (Lipinski definition) is 3. The third kappa shape index (κ3) is 5.57. The first-order valence-electron chi connectivity index (χ1n) is 15.4. The largest absolute Gasteiger partial charge is 0.496 e. The molecule has 238 valence electrons. The minimum absolute atomic E-state index is 0.0780. The number of nitrogens with one attached hydrogen (secondary N) is 3. The van der Waals surface area contributed by atoms with Gasteiger partial charge < -0.3 is 25.5 Å². The van der Waals surface area contributed by atoms with Gasteiger partial charge in [-0.15, -0.1) is 0 Å². The molecule has 0 radical (unpaired) electrons. The number of amides is 2. The number of methoxy groups -OCH3 is 1. The Bertz CT molecular complexity index is 1600. The molecule has 4 unspecified atom stereocenters. The first-order valence-corrected chi connectivity index (χ1v) is 15.4. The van der Waals surface area contributed by atoms with E-state index < -0.39 is 41.3 Å². The lowest BCUT2D eigenvalue weighted by atomic mass is 9.83. The lowest BCUT2D eigenvalue weighted by Gasteiger charge is -2.30. The van der Waals surface area contributed by atoms with E-state index in [-0.39, 0.29) is 28.7 Å². The summed E-state index contributed by atoms with van der Waals surface area (Å²) >= 11 is 0. The number of ether oxygens (including phenoxy) is 1. The van der Waals surface area contributed by atoms with Crippen LogP contribution in [0, 0.1) is 29.5 Å². The van der Waals surface area contributed by atoms with E-state index in [0.29, 0.717) is 36.8 Å². The van der Waals surface area contributed by atoms with Crippen LogP contribution in [0.3, 0.4) is 0 Å². The van der Waals surface area contributed by atoms with Crippen molar-refractivity contribution in [2.24, 2.45) is 28.8 Å². The van der Waals surface area contributed by atoms with Crippen molar-refractivity contribution in [2.45, 2.75) is 56.3 Å². The standard InChI is InChI=1S/C33H34F4N4O4/c1-44-27-9-4-18(26-15-32(45-41-26)10-11-38-16-32)13-23(27)30(42)40-29-21-7-6-20(22(21)12-17-2-3-17)28(29)31(43)39-19-5-8-25(34)24(14-19)33(35,36)37/h4-5,8-9,12-14,17,20-21,28-29,38H,2-3,6-7,10-11,15-16H2,1H3,(H,39,43)(H,40,42)/b22-12-/t20?,21?,28-,29?,32?/m0/s1. The Morgan fingerprint density at radius 1 is 1.11 bits per heavy atom. The molecule has 3 N–H and O–H groups in total. The van der Waals surface area contributed by atoms with Crippen LogP contribution in [0.4, 0.5) is 23.2 Å². The van der Waals surface area contributed by atoms with Crippen LogP contribution in [0.15, 0.2) is 53.2 Å². The van der Waals surface area contributed by atoms with Gasteiger partial charge in [0, 0.05) is 42.6 Å². The van der Waals surface area contributed by atoms with E-state index in [1.165, 1.54) is 7.11 Å². The van der Waals surface area contributed by atoms with Gasteiger partial charge in [0.15, 0.2) is 5.60 Å². The summed E-state index contributed by atoms with van der Waals surface area (Å²) in [4.78, 5) is 33.5. The SMILES string of the molecule is COc1ccc(C2=NOC3(CCNC3)C2)cc1C(=O)NC1C2CCC(/C2=C/C2CC2)[C@@H]1C(=O)Nc1ccc(F)c(C(F)(F)F)c1. The monoisotopic (exact) mass is 626 g/mol. The van der Waals surface area contributed by atoms with Gasteiger partial charge in [-0.1, -0.05) is 16.8 Å². The molecule has 2 bridgehead atoms. The van der Waals surface area contributed by atoms with Crippen LogP contribution in [-0.2, 0) is 15.8 Å². The van der Waals surface area contributed by atoms with Gasteiger partial charge in [0.05, 0.1) is 29.9 Å². The van der Waals surface area contributed by atoms with Crippen molar-refractivity contribution >= 4 is 23.2 Å². The van der Waals surface area contributed by atoms with E-state index in [1.807, 2.05) is 6.07 Å². The smallest absolute Gasteiger partial charge is 0.419 e. The van der Waals surface area contributed by atoms with Crippen molar-refractivity contribution in [2.75, 3.05) is 25.5 Å². The van der Waals surface area contributed by atoms with Gasteiger partial charge in [-0.05, 0) is 80.5 Å². The number of fused-ring (bicyclic) bond motifs is 2. The van der Waals surface area contributed by atoms with E-state index in [2.05, 4.69) is 27.2 Å². The second-order valence-corrected chi connectivity index (χ2v) is 12.8. The molecule has 5 aliphatic rings. The van der Waals surface area contributed by atoms with Crippen LogP contribution in [0.1, 0.15) is 60.0 Å². The molecule has 2 aromatic carbocycles. The molecule has 5 atom stereocenters. The van der Waals surface area contributed by atoms with E-state index in [4.69, 9.17) is 9.57 Å².